The summed E-state index contributed by atoms with van der Waals surface area (Å²) in [5.41, 5.74) is 2.30. The molecule has 1 atom stereocenters. The summed E-state index contributed by atoms with van der Waals surface area (Å²) in [7, 11) is -3.90. The zero-order valence-electron chi connectivity index (χ0n) is 23.4. The Morgan fingerprint density at radius 3 is 2.15 bits per heavy atom. The molecule has 0 aliphatic heterocycles. The van der Waals surface area contributed by atoms with Crippen LogP contribution in [0.15, 0.2) is 66.7 Å². The van der Waals surface area contributed by atoms with Crippen LogP contribution in [0, 0.1) is 12.8 Å². The van der Waals surface area contributed by atoms with Crippen molar-refractivity contribution in [2.75, 3.05) is 23.7 Å². The molecular weight excluding hydrogens is 605 g/mol. The summed E-state index contributed by atoms with van der Waals surface area (Å²) in [6.07, 6.45) is 1.24. The van der Waals surface area contributed by atoms with Crippen LogP contribution in [0.25, 0.3) is 0 Å². The SMILES string of the molecule is Cc1cc(Cl)ccc1N(CC(=O)N(Cc1ccc(Cl)cc1Cl)[C@@H](Cc1ccccc1)C(=O)NCC(C)C)S(C)(=O)=O. The zero-order chi connectivity index (χ0) is 30.3. The second kappa shape index (κ2) is 14.4. The number of halogens is 3. The molecule has 3 rings (SSSR count). The van der Waals surface area contributed by atoms with Crippen molar-refractivity contribution in [3.8, 4) is 0 Å². The van der Waals surface area contributed by atoms with E-state index in [0.717, 1.165) is 16.1 Å². The van der Waals surface area contributed by atoms with Crippen LogP contribution in [0.2, 0.25) is 15.1 Å². The lowest BCUT2D eigenvalue weighted by Gasteiger charge is -2.34. The topological polar surface area (TPSA) is 86.8 Å². The highest BCUT2D eigenvalue weighted by molar-refractivity contribution is 7.92. The standard InChI is InChI=1S/C30H34Cl3N3O4S/c1-20(2)17-34-30(38)28(15-22-8-6-5-7-9-22)35(18-23-10-11-25(32)16-26(23)33)29(37)19-36(41(4,39)40)27-13-12-24(31)14-21(27)3/h5-14,16,20,28H,15,17-19H2,1-4H3,(H,34,38)/t28-/m0/s1. The number of hydrogen-bond acceptors (Lipinski definition) is 4. The Kier molecular flexibility index (Phi) is 11.5. The molecule has 3 aromatic rings. The Hall–Kier alpha value is -2.78. The molecule has 0 heterocycles. The van der Waals surface area contributed by atoms with E-state index in [1.54, 1.807) is 43.3 Å². The average Bonchev–Trinajstić information content (AvgIpc) is 2.89. The molecule has 2 amide bonds. The lowest BCUT2D eigenvalue weighted by Crippen LogP contribution is -2.53. The monoisotopic (exact) mass is 637 g/mol. The van der Waals surface area contributed by atoms with Crippen LogP contribution in [0.3, 0.4) is 0 Å². The fourth-order valence-electron chi connectivity index (χ4n) is 4.30. The van der Waals surface area contributed by atoms with E-state index in [0.29, 0.717) is 38.4 Å². The van der Waals surface area contributed by atoms with Gasteiger partial charge < -0.3 is 10.2 Å². The maximum atomic E-state index is 14.2. The van der Waals surface area contributed by atoms with Gasteiger partial charge in [0.25, 0.3) is 0 Å². The van der Waals surface area contributed by atoms with Crippen LogP contribution < -0.4 is 9.62 Å². The van der Waals surface area contributed by atoms with Crippen molar-refractivity contribution in [1.82, 2.24) is 10.2 Å². The molecule has 0 aromatic heterocycles. The van der Waals surface area contributed by atoms with Gasteiger partial charge in [0.15, 0.2) is 0 Å². The predicted octanol–water partition coefficient (Wildman–Crippen LogP) is 6.13. The summed E-state index contributed by atoms with van der Waals surface area (Å²) < 4.78 is 26.9. The predicted molar refractivity (Wildman–Crippen MR) is 167 cm³/mol. The average molecular weight is 639 g/mol. The lowest BCUT2D eigenvalue weighted by atomic mass is 10.0. The number of carbonyl (C=O) groups excluding carboxylic acids is 2. The minimum Gasteiger partial charge on any atom is -0.354 e. The molecule has 0 aliphatic carbocycles. The van der Waals surface area contributed by atoms with Gasteiger partial charge in [0, 0.05) is 34.6 Å². The highest BCUT2D eigenvalue weighted by atomic mass is 35.5. The van der Waals surface area contributed by atoms with Crippen molar-refractivity contribution in [3.63, 3.8) is 0 Å². The van der Waals surface area contributed by atoms with Gasteiger partial charge in [-0.25, -0.2) is 8.42 Å². The minimum absolute atomic E-state index is 0.0430. The van der Waals surface area contributed by atoms with Crippen molar-refractivity contribution in [1.29, 1.82) is 0 Å². The van der Waals surface area contributed by atoms with Gasteiger partial charge in [0.05, 0.1) is 11.9 Å². The highest BCUT2D eigenvalue weighted by Crippen LogP contribution is 2.28. The smallest absolute Gasteiger partial charge is 0.244 e. The fourth-order valence-corrected chi connectivity index (χ4v) is 5.91. The molecule has 0 bridgehead atoms. The molecule has 0 unspecified atom stereocenters. The molecule has 41 heavy (non-hydrogen) atoms. The Morgan fingerprint density at radius 1 is 0.927 bits per heavy atom. The molecule has 0 spiro atoms. The van der Waals surface area contributed by atoms with E-state index in [1.165, 1.54) is 4.90 Å². The molecule has 7 nitrogen and oxygen atoms in total. The van der Waals surface area contributed by atoms with Crippen LogP contribution in [-0.4, -0.2) is 50.5 Å². The third kappa shape index (κ3) is 9.36. The molecule has 0 saturated heterocycles. The number of nitrogens with one attached hydrogen (secondary N) is 1. The molecule has 220 valence electrons. The first-order valence-electron chi connectivity index (χ1n) is 13.0. The van der Waals surface area contributed by atoms with Gasteiger partial charge in [-0.3, -0.25) is 13.9 Å². The third-order valence-electron chi connectivity index (χ3n) is 6.42. The summed E-state index contributed by atoms with van der Waals surface area (Å²) in [4.78, 5) is 29.2. The van der Waals surface area contributed by atoms with Gasteiger partial charge in [0.1, 0.15) is 12.6 Å². The molecular formula is C30H34Cl3N3O4S. The van der Waals surface area contributed by atoms with Gasteiger partial charge in [-0.05, 0) is 59.9 Å². The Bertz CT molecular complexity index is 1480. The molecule has 1 N–H and O–H groups in total. The highest BCUT2D eigenvalue weighted by Gasteiger charge is 2.33. The number of rotatable bonds is 12. The van der Waals surface area contributed by atoms with Gasteiger partial charge in [-0.2, -0.15) is 0 Å². The second-order valence-corrected chi connectivity index (χ2v) is 13.5. The van der Waals surface area contributed by atoms with E-state index < -0.39 is 28.5 Å². The van der Waals surface area contributed by atoms with E-state index in [1.807, 2.05) is 44.2 Å². The quantitative estimate of drug-likeness (QED) is 0.259. The first-order valence-corrected chi connectivity index (χ1v) is 16.0. The lowest BCUT2D eigenvalue weighted by molar-refractivity contribution is -0.140. The first kappa shape index (κ1) is 32.7. The van der Waals surface area contributed by atoms with Crippen LogP contribution in [0.1, 0.15) is 30.5 Å². The number of nitrogens with zero attached hydrogens (tertiary/aromatic N) is 2. The van der Waals surface area contributed by atoms with Gasteiger partial charge in [0.2, 0.25) is 21.8 Å². The molecule has 11 heteroatoms. The Balaban J connectivity index is 2.09. The number of anilines is 1. The number of amides is 2. The van der Waals surface area contributed by atoms with Crippen molar-refractivity contribution in [2.24, 2.45) is 5.92 Å². The largest absolute Gasteiger partial charge is 0.354 e. The van der Waals surface area contributed by atoms with Crippen molar-refractivity contribution in [2.45, 2.75) is 39.8 Å². The molecule has 0 aliphatic rings. The van der Waals surface area contributed by atoms with Gasteiger partial charge in [-0.15, -0.1) is 0 Å². The van der Waals surface area contributed by atoms with Crippen LogP contribution in [0.4, 0.5) is 5.69 Å². The summed E-state index contributed by atoms with van der Waals surface area (Å²) in [5.74, 6) is -0.745. The van der Waals surface area contributed by atoms with E-state index >= 15 is 0 Å². The van der Waals surface area contributed by atoms with E-state index in [4.69, 9.17) is 34.8 Å². The Labute approximate surface area is 257 Å². The summed E-state index contributed by atoms with van der Waals surface area (Å²) in [6.45, 7) is 5.50. The maximum Gasteiger partial charge on any atom is 0.244 e. The summed E-state index contributed by atoms with van der Waals surface area (Å²) in [6, 6.07) is 18.0. The van der Waals surface area contributed by atoms with Crippen molar-refractivity contribution >= 4 is 62.3 Å². The van der Waals surface area contributed by atoms with Crippen molar-refractivity contribution < 1.29 is 18.0 Å². The zero-order valence-corrected chi connectivity index (χ0v) is 26.5. The summed E-state index contributed by atoms with van der Waals surface area (Å²) >= 11 is 18.7. The number of sulfonamides is 1. The van der Waals surface area contributed by atoms with Crippen LogP contribution >= 0.6 is 34.8 Å². The number of aryl methyl sites for hydroxylation is 1. The number of carbonyl (C=O) groups is 2. The van der Waals surface area contributed by atoms with Gasteiger partial charge >= 0.3 is 0 Å². The fraction of sp³-hybridized carbons (Fsp3) is 0.333. The molecule has 0 fully saturated rings. The molecule has 0 radical (unpaired) electrons. The third-order valence-corrected chi connectivity index (χ3v) is 8.37. The van der Waals surface area contributed by atoms with E-state index in [9.17, 15) is 18.0 Å². The van der Waals surface area contributed by atoms with E-state index in [2.05, 4.69) is 5.32 Å². The maximum absolute atomic E-state index is 14.2. The Morgan fingerprint density at radius 2 is 1.56 bits per heavy atom. The normalized spacial score (nSPS) is 12.2. The first-order chi connectivity index (χ1) is 19.3. The molecule has 0 saturated carbocycles. The summed E-state index contributed by atoms with van der Waals surface area (Å²) in [5, 5.41) is 4.13. The van der Waals surface area contributed by atoms with Crippen LogP contribution in [0.5, 0.6) is 0 Å². The number of hydrogen-bond donors (Lipinski definition) is 1. The molecule has 3 aromatic carbocycles. The number of benzene rings is 3. The van der Waals surface area contributed by atoms with Gasteiger partial charge in [-0.1, -0.05) is 85.0 Å². The minimum atomic E-state index is -3.90. The second-order valence-electron chi connectivity index (χ2n) is 10.3. The van der Waals surface area contributed by atoms with E-state index in [-0.39, 0.29) is 24.8 Å². The van der Waals surface area contributed by atoms with Crippen LogP contribution in [-0.2, 0) is 32.6 Å². The van der Waals surface area contributed by atoms with Crippen molar-refractivity contribution in [3.05, 3.63) is 98.5 Å².